The van der Waals surface area contributed by atoms with Gasteiger partial charge in [0, 0.05) is 36.7 Å². The second-order valence-electron chi connectivity index (χ2n) is 5.27. The van der Waals surface area contributed by atoms with Gasteiger partial charge >= 0.3 is 0 Å². The van der Waals surface area contributed by atoms with E-state index >= 15 is 0 Å². The third-order valence-corrected chi connectivity index (χ3v) is 3.72. The second kappa shape index (κ2) is 5.97. The van der Waals surface area contributed by atoms with Gasteiger partial charge < -0.3 is 10.3 Å². The van der Waals surface area contributed by atoms with Gasteiger partial charge in [0.05, 0.1) is 12.4 Å². The second-order valence-corrected chi connectivity index (χ2v) is 5.27. The maximum absolute atomic E-state index is 5.92. The molecule has 2 atom stereocenters. The van der Waals surface area contributed by atoms with Gasteiger partial charge in [0.2, 0.25) is 0 Å². The number of rotatable bonds is 5. The fourth-order valence-electron chi connectivity index (χ4n) is 2.44. The van der Waals surface area contributed by atoms with Crippen molar-refractivity contribution in [1.29, 1.82) is 0 Å². The molecule has 0 radical (unpaired) electrons. The number of hydrogen-bond donors (Lipinski definition) is 1. The Balaban J connectivity index is 2.34. The highest BCUT2D eigenvalue weighted by atomic mass is 15.1. The van der Waals surface area contributed by atoms with Crippen molar-refractivity contribution in [3.63, 3.8) is 0 Å². The van der Waals surface area contributed by atoms with Gasteiger partial charge in [0.15, 0.2) is 0 Å². The van der Waals surface area contributed by atoms with E-state index in [9.17, 15) is 0 Å². The van der Waals surface area contributed by atoms with Crippen LogP contribution in [-0.2, 0) is 0 Å². The van der Waals surface area contributed by atoms with Crippen LogP contribution in [0.4, 0.5) is 0 Å². The molecule has 0 spiro atoms. The summed E-state index contributed by atoms with van der Waals surface area (Å²) in [5.74, 6) is 0.836. The molecule has 102 valence electrons. The lowest BCUT2D eigenvalue weighted by molar-refractivity contribution is 0.463. The zero-order chi connectivity index (χ0) is 13.8. The Hall–Kier alpha value is -1.68. The van der Waals surface area contributed by atoms with E-state index in [0.29, 0.717) is 18.4 Å². The van der Waals surface area contributed by atoms with E-state index in [2.05, 4.69) is 41.4 Å². The van der Waals surface area contributed by atoms with Crippen molar-refractivity contribution in [2.75, 3.05) is 6.54 Å². The van der Waals surface area contributed by atoms with Gasteiger partial charge in [-0.3, -0.25) is 4.98 Å². The van der Waals surface area contributed by atoms with Gasteiger partial charge in [0.25, 0.3) is 0 Å². The quantitative estimate of drug-likeness (QED) is 0.896. The number of hydrogen-bond acceptors (Lipinski definition) is 3. The summed E-state index contributed by atoms with van der Waals surface area (Å²) in [5.41, 5.74) is 8.30. The van der Waals surface area contributed by atoms with Crippen LogP contribution in [0, 0.1) is 5.92 Å². The van der Waals surface area contributed by atoms with Crippen LogP contribution in [0.1, 0.15) is 44.0 Å². The first-order valence-electron chi connectivity index (χ1n) is 6.76. The lowest BCUT2D eigenvalue weighted by Crippen LogP contribution is -2.22. The van der Waals surface area contributed by atoms with Crippen molar-refractivity contribution in [3.05, 3.63) is 48.3 Å². The molecule has 0 saturated heterocycles. The molecule has 0 saturated carbocycles. The summed E-state index contributed by atoms with van der Waals surface area (Å²) in [6, 6.07) is 4.28. The minimum Gasteiger partial charge on any atom is -0.330 e. The molecule has 0 aliphatic carbocycles. The van der Waals surface area contributed by atoms with Gasteiger partial charge in [-0.1, -0.05) is 19.9 Å². The number of pyridine rings is 1. The molecule has 2 N–H and O–H groups in total. The smallest absolute Gasteiger partial charge is 0.0953 e. The molecule has 4 nitrogen and oxygen atoms in total. The Bertz CT molecular complexity index is 504. The standard InChI is InChI=1S/C15H22N4/c1-11(2)14(7-16)15-9-18-10-19(15)12(3)13-5-4-6-17-8-13/h4-6,8-12,14H,7,16H2,1-3H3. The molecule has 0 aliphatic heterocycles. The van der Waals surface area contributed by atoms with Gasteiger partial charge in [-0.05, 0) is 24.5 Å². The highest BCUT2D eigenvalue weighted by molar-refractivity contribution is 5.18. The van der Waals surface area contributed by atoms with Gasteiger partial charge in [-0.25, -0.2) is 4.98 Å². The van der Waals surface area contributed by atoms with Crippen LogP contribution < -0.4 is 5.73 Å². The fraction of sp³-hybridized carbons (Fsp3) is 0.467. The van der Waals surface area contributed by atoms with Gasteiger partial charge in [-0.15, -0.1) is 0 Å². The predicted octanol–water partition coefficient (Wildman–Crippen LogP) is 2.59. The molecule has 2 aromatic heterocycles. The van der Waals surface area contributed by atoms with Crippen LogP contribution in [0.2, 0.25) is 0 Å². The van der Waals surface area contributed by atoms with E-state index in [1.807, 2.05) is 24.8 Å². The minimum atomic E-state index is 0.221. The summed E-state index contributed by atoms with van der Waals surface area (Å²) in [6.07, 6.45) is 7.52. The molecule has 2 unspecified atom stereocenters. The molecule has 4 heteroatoms. The average molecular weight is 258 g/mol. The summed E-state index contributed by atoms with van der Waals surface area (Å²) < 4.78 is 2.20. The van der Waals surface area contributed by atoms with Crippen LogP contribution >= 0.6 is 0 Å². The molecule has 0 fully saturated rings. The average Bonchev–Trinajstić information content (AvgIpc) is 2.88. The number of nitrogens with zero attached hydrogens (tertiary/aromatic N) is 3. The topological polar surface area (TPSA) is 56.7 Å². The third kappa shape index (κ3) is 2.84. The lowest BCUT2D eigenvalue weighted by Gasteiger charge is -2.24. The Morgan fingerprint density at radius 3 is 2.58 bits per heavy atom. The first-order valence-corrected chi connectivity index (χ1v) is 6.76. The molecule has 2 heterocycles. The first kappa shape index (κ1) is 13.7. The van der Waals surface area contributed by atoms with E-state index in [-0.39, 0.29) is 6.04 Å². The highest BCUT2D eigenvalue weighted by Crippen LogP contribution is 2.27. The first-order chi connectivity index (χ1) is 9.15. The monoisotopic (exact) mass is 258 g/mol. The Morgan fingerprint density at radius 2 is 2.00 bits per heavy atom. The van der Waals surface area contributed by atoms with E-state index < -0.39 is 0 Å². The molecule has 0 amide bonds. The minimum absolute atomic E-state index is 0.221. The normalized spacial score (nSPS) is 14.6. The Kier molecular flexibility index (Phi) is 4.32. The highest BCUT2D eigenvalue weighted by Gasteiger charge is 2.21. The molecule has 19 heavy (non-hydrogen) atoms. The van der Waals surface area contributed by atoms with Crippen molar-refractivity contribution in [2.45, 2.75) is 32.7 Å². The SMILES string of the molecule is CC(C)C(CN)c1cncn1C(C)c1cccnc1. The summed E-state index contributed by atoms with van der Waals surface area (Å²) in [7, 11) is 0. The summed E-state index contributed by atoms with van der Waals surface area (Å²) in [5, 5.41) is 0. The molecule has 0 aromatic carbocycles. The lowest BCUT2D eigenvalue weighted by atomic mass is 9.92. The van der Waals surface area contributed by atoms with Crippen LogP contribution in [0.25, 0.3) is 0 Å². The van der Waals surface area contributed by atoms with E-state index in [1.54, 1.807) is 6.20 Å². The third-order valence-electron chi connectivity index (χ3n) is 3.72. The van der Waals surface area contributed by atoms with E-state index in [4.69, 9.17) is 5.73 Å². The maximum Gasteiger partial charge on any atom is 0.0953 e. The van der Waals surface area contributed by atoms with Crippen LogP contribution in [0.15, 0.2) is 37.1 Å². The van der Waals surface area contributed by atoms with Gasteiger partial charge in [0.1, 0.15) is 0 Å². The Morgan fingerprint density at radius 1 is 1.21 bits per heavy atom. The van der Waals surface area contributed by atoms with Crippen molar-refractivity contribution in [1.82, 2.24) is 14.5 Å². The van der Waals surface area contributed by atoms with Crippen molar-refractivity contribution in [2.24, 2.45) is 11.7 Å². The van der Waals surface area contributed by atoms with Crippen LogP contribution in [0.3, 0.4) is 0 Å². The number of imidazole rings is 1. The van der Waals surface area contributed by atoms with Crippen LogP contribution in [0.5, 0.6) is 0 Å². The fourth-order valence-corrected chi connectivity index (χ4v) is 2.44. The molecular weight excluding hydrogens is 236 g/mol. The molecule has 2 aromatic rings. The zero-order valence-corrected chi connectivity index (χ0v) is 11.8. The molecule has 2 rings (SSSR count). The molecular formula is C15H22N4. The predicted molar refractivity (Wildman–Crippen MR) is 76.9 cm³/mol. The number of aromatic nitrogens is 3. The molecule has 0 bridgehead atoms. The Labute approximate surface area is 114 Å². The number of nitrogens with two attached hydrogens (primary N) is 1. The largest absolute Gasteiger partial charge is 0.330 e. The van der Waals surface area contributed by atoms with Crippen molar-refractivity contribution in [3.8, 4) is 0 Å². The summed E-state index contributed by atoms with van der Waals surface area (Å²) in [6.45, 7) is 7.20. The van der Waals surface area contributed by atoms with Crippen LogP contribution in [-0.4, -0.2) is 21.1 Å². The zero-order valence-electron chi connectivity index (χ0n) is 11.8. The van der Waals surface area contributed by atoms with Crippen molar-refractivity contribution < 1.29 is 0 Å². The summed E-state index contributed by atoms with van der Waals surface area (Å²) in [4.78, 5) is 8.49. The summed E-state index contributed by atoms with van der Waals surface area (Å²) >= 11 is 0. The van der Waals surface area contributed by atoms with Crippen molar-refractivity contribution >= 4 is 0 Å². The van der Waals surface area contributed by atoms with E-state index in [0.717, 1.165) is 0 Å². The molecule has 0 aliphatic rings. The van der Waals surface area contributed by atoms with Gasteiger partial charge in [-0.2, -0.15) is 0 Å². The maximum atomic E-state index is 5.92. The van der Waals surface area contributed by atoms with E-state index in [1.165, 1.54) is 11.3 Å².